The Morgan fingerprint density at radius 2 is 1.70 bits per heavy atom. The number of aliphatic carboxylic acids is 1. The molecule has 8 rings (SSSR count). The minimum Gasteiger partial charge on any atom is -0.481 e. The van der Waals surface area contributed by atoms with E-state index in [2.05, 4.69) is 42.0 Å². The van der Waals surface area contributed by atoms with E-state index < -0.39 is 22.2 Å². The van der Waals surface area contributed by atoms with Crippen LogP contribution in [0.15, 0.2) is 11.6 Å². The van der Waals surface area contributed by atoms with Crippen LogP contribution in [0.1, 0.15) is 104 Å². The van der Waals surface area contributed by atoms with Crippen molar-refractivity contribution in [1.82, 2.24) is 20.0 Å². The van der Waals surface area contributed by atoms with Crippen molar-refractivity contribution in [3.8, 4) is 0 Å². The summed E-state index contributed by atoms with van der Waals surface area (Å²) in [6.07, 6.45) is 17.7. The van der Waals surface area contributed by atoms with Crippen molar-refractivity contribution in [2.24, 2.45) is 57.7 Å². The number of hydrogen-bond acceptors (Lipinski definition) is 8. The zero-order valence-corrected chi connectivity index (χ0v) is 33.7. The van der Waals surface area contributed by atoms with Gasteiger partial charge in [-0.25, -0.2) is 4.79 Å². The van der Waals surface area contributed by atoms with E-state index in [1.165, 1.54) is 58.0 Å². The number of piperazine rings is 1. The number of carbonyl (C=O) groups excluding carboxylic acids is 2. The number of hydrogen-bond donors (Lipinski definition) is 2. The van der Waals surface area contributed by atoms with Gasteiger partial charge in [0.15, 0.2) is 0 Å². The number of nitrogens with zero attached hydrogens (tertiary/aromatic N) is 3. The molecule has 0 aromatic carbocycles. The number of ether oxygens (including phenoxy) is 2. The average Bonchev–Trinajstić information content (AvgIpc) is 4.00. The van der Waals surface area contributed by atoms with E-state index in [4.69, 9.17) is 9.47 Å². The maximum atomic E-state index is 14.1. The normalized spacial score (nSPS) is 41.1. The van der Waals surface area contributed by atoms with Crippen molar-refractivity contribution in [1.29, 1.82) is 0 Å². The number of carbonyl (C=O) groups is 3. The Hall–Kier alpha value is -2.01. The lowest BCUT2D eigenvalue weighted by atomic mass is 9.41. The first-order valence-electron chi connectivity index (χ1n) is 22.3. The highest BCUT2D eigenvalue weighted by Crippen LogP contribution is 2.84. The van der Waals surface area contributed by atoms with Crippen LogP contribution in [0.5, 0.6) is 0 Å². The van der Waals surface area contributed by atoms with E-state index in [-0.39, 0.29) is 36.1 Å². The molecule has 0 radical (unpaired) electrons. The second-order valence-electron chi connectivity index (χ2n) is 19.5. The van der Waals surface area contributed by atoms with Gasteiger partial charge in [-0.05, 0) is 99.5 Å². The van der Waals surface area contributed by atoms with Crippen LogP contribution in [-0.2, 0) is 19.1 Å². The lowest BCUT2D eigenvalue weighted by Crippen LogP contribution is -2.65. The van der Waals surface area contributed by atoms with Crippen LogP contribution in [0.3, 0.4) is 0 Å². The Labute approximate surface area is 324 Å². The van der Waals surface area contributed by atoms with Gasteiger partial charge in [-0.3, -0.25) is 9.69 Å². The molecule has 54 heavy (non-hydrogen) atoms. The molecule has 2 N–H and O–H groups in total. The summed E-state index contributed by atoms with van der Waals surface area (Å²) in [6.45, 7) is 16.0. The predicted octanol–water partition coefficient (Wildman–Crippen LogP) is 6.09. The number of nitrogens with one attached hydrogen (secondary N) is 1. The van der Waals surface area contributed by atoms with Crippen molar-refractivity contribution in [2.45, 2.75) is 116 Å². The molecule has 0 spiro atoms. The molecule has 10 atom stereocenters. The zero-order valence-electron chi connectivity index (χ0n) is 33.7. The van der Waals surface area contributed by atoms with Crippen molar-refractivity contribution in [3.05, 3.63) is 11.6 Å². The molecule has 10 nitrogen and oxygen atoms in total. The molecular weight excluding hydrogens is 681 g/mol. The number of aldehydes is 1. The van der Waals surface area contributed by atoms with Crippen molar-refractivity contribution < 1.29 is 29.0 Å². The van der Waals surface area contributed by atoms with Gasteiger partial charge < -0.3 is 34.5 Å². The second-order valence-corrected chi connectivity index (χ2v) is 19.5. The maximum Gasteiger partial charge on any atom is 0.409 e. The van der Waals surface area contributed by atoms with E-state index in [1.807, 2.05) is 4.90 Å². The minimum absolute atomic E-state index is 0.0311. The van der Waals surface area contributed by atoms with Crippen molar-refractivity contribution in [2.75, 3.05) is 72.1 Å². The monoisotopic (exact) mass is 751 g/mol. The summed E-state index contributed by atoms with van der Waals surface area (Å²) in [5.41, 5.74) is -1.68. The maximum absolute atomic E-state index is 14.1. The largest absolute Gasteiger partial charge is 0.481 e. The smallest absolute Gasteiger partial charge is 0.409 e. The standard InChI is InChI=1S/C44H70N4O6/c1-30(2)37-25-34-26-42(29-49)36-12-11-31(3)35(36)27-43(34,44(37,42)40(50)51)39-24-33(23-32-9-5-6-10-32)38(54-39)28-45-13-22-53-41(52)48-20-18-47(19-21-48)17-16-46-14-7-4-8-15-46/h25,29-36,38-39,45H,4-24,26-28H2,1-3H3,(H,50,51)/t31-,33+,34?,35-,36-,38+,39-,42?,43?,44+/m1/s1. The van der Waals surface area contributed by atoms with Crippen LogP contribution in [0, 0.1) is 57.7 Å². The van der Waals surface area contributed by atoms with Crippen LogP contribution in [0.2, 0.25) is 0 Å². The van der Waals surface area contributed by atoms with E-state index in [0.29, 0.717) is 62.9 Å². The molecule has 8 aliphatic rings. The third-order valence-corrected chi connectivity index (χ3v) is 16.7. The first kappa shape index (κ1) is 38.8. The summed E-state index contributed by atoms with van der Waals surface area (Å²) in [4.78, 5) is 47.7. The first-order valence-corrected chi connectivity index (χ1v) is 22.3. The number of likely N-dealkylation sites (tertiary alicyclic amines) is 1. The molecule has 3 unspecified atom stereocenters. The van der Waals surface area contributed by atoms with Crippen LogP contribution in [0.4, 0.5) is 4.79 Å². The van der Waals surface area contributed by atoms with Gasteiger partial charge in [-0.2, -0.15) is 0 Å². The highest BCUT2D eigenvalue weighted by molar-refractivity contribution is 5.90. The average molecular weight is 751 g/mol. The fraction of sp³-hybridized carbons (Fsp3) is 0.886. The Morgan fingerprint density at radius 1 is 0.981 bits per heavy atom. The molecule has 0 aromatic rings. The molecule has 7 fully saturated rings. The topological polar surface area (TPSA) is 112 Å². The van der Waals surface area contributed by atoms with Crippen LogP contribution >= 0.6 is 0 Å². The summed E-state index contributed by atoms with van der Waals surface area (Å²) in [6, 6.07) is 0. The molecule has 302 valence electrons. The molecule has 3 heterocycles. The van der Waals surface area contributed by atoms with Crippen LogP contribution in [0.25, 0.3) is 0 Å². The van der Waals surface area contributed by atoms with Crippen molar-refractivity contribution >= 4 is 18.3 Å². The van der Waals surface area contributed by atoms with E-state index in [1.54, 1.807) is 0 Å². The van der Waals surface area contributed by atoms with Gasteiger partial charge in [0.25, 0.3) is 0 Å². The molecule has 3 saturated heterocycles. The lowest BCUT2D eigenvalue weighted by molar-refractivity contribution is -0.197. The molecule has 1 amide bonds. The third kappa shape index (κ3) is 6.30. The summed E-state index contributed by atoms with van der Waals surface area (Å²) >= 11 is 0. The third-order valence-electron chi connectivity index (χ3n) is 16.7. The summed E-state index contributed by atoms with van der Waals surface area (Å²) in [7, 11) is 0. The molecule has 0 aromatic heterocycles. The number of amides is 1. The predicted molar refractivity (Wildman–Crippen MR) is 208 cm³/mol. The number of carboxylic acids is 1. The Kier molecular flexibility index (Phi) is 11.3. The van der Waals surface area contributed by atoms with Gasteiger partial charge in [0.1, 0.15) is 18.3 Å². The fourth-order valence-electron chi connectivity index (χ4n) is 14.3. The van der Waals surface area contributed by atoms with E-state index in [0.717, 1.165) is 70.1 Å². The SMILES string of the molecule is CC(C)C1=CC2CC3(C=O)[C@@H]4CC[C@@H](C)[C@H]4CC2([C@H]2C[C@H](CC4CCCC4)[C@H](CNCCOC(=O)N4CCN(CCN5CCCCC5)CC4)O2)[C@]13C(=O)O. The molecule has 4 saturated carbocycles. The Bertz CT molecular complexity index is 1400. The molecule has 5 aliphatic carbocycles. The number of allylic oxidation sites excluding steroid dienone is 1. The lowest BCUT2D eigenvalue weighted by Gasteiger charge is -2.60. The van der Waals surface area contributed by atoms with Gasteiger partial charge in [0, 0.05) is 57.8 Å². The summed E-state index contributed by atoms with van der Waals surface area (Å²) in [5, 5.41) is 15.2. The quantitative estimate of drug-likeness (QED) is 0.124. The number of piperidine rings is 1. The molecule has 3 aliphatic heterocycles. The Balaban J connectivity index is 0.914. The van der Waals surface area contributed by atoms with Gasteiger partial charge in [0.05, 0.1) is 17.6 Å². The Morgan fingerprint density at radius 3 is 2.39 bits per heavy atom. The minimum atomic E-state index is -1.20. The number of fused-ring (bicyclic) bond motifs is 2. The molecule has 4 bridgehead atoms. The number of carboxylic acid groups (broad SMARTS) is 1. The van der Waals surface area contributed by atoms with Crippen LogP contribution < -0.4 is 5.32 Å². The van der Waals surface area contributed by atoms with E-state index in [9.17, 15) is 19.5 Å². The van der Waals surface area contributed by atoms with Gasteiger partial charge >= 0.3 is 12.1 Å². The zero-order chi connectivity index (χ0) is 37.7. The van der Waals surface area contributed by atoms with Crippen LogP contribution in [-0.4, -0.2) is 122 Å². The van der Waals surface area contributed by atoms with Gasteiger partial charge in [-0.15, -0.1) is 0 Å². The van der Waals surface area contributed by atoms with Crippen molar-refractivity contribution in [3.63, 3.8) is 0 Å². The first-order chi connectivity index (χ1) is 26.1. The second kappa shape index (κ2) is 15.7. The number of rotatable bonds is 14. The summed E-state index contributed by atoms with van der Waals surface area (Å²) < 4.78 is 13.1. The highest BCUT2D eigenvalue weighted by Gasteiger charge is 2.86. The highest BCUT2D eigenvalue weighted by atomic mass is 16.6. The molecular formula is C44H70N4O6. The molecule has 10 heteroatoms. The van der Waals surface area contributed by atoms with E-state index >= 15 is 0 Å². The van der Waals surface area contributed by atoms with Gasteiger partial charge in [-0.1, -0.05) is 70.9 Å². The van der Waals surface area contributed by atoms with Gasteiger partial charge in [0.2, 0.25) is 0 Å². The fourth-order valence-corrected chi connectivity index (χ4v) is 14.3. The summed E-state index contributed by atoms with van der Waals surface area (Å²) in [5.74, 6) is 1.34.